The van der Waals surface area contributed by atoms with Crippen molar-refractivity contribution in [2.75, 3.05) is 13.7 Å². The van der Waals surface area contributed by atoms with Crippen molar-refractivity contribution in [2.45, 2.75) is 19.8 Å². The fraction of sp³-hybridized carbons (Fsp3) is 0.417. The molecule has 0 amide bonds. The number of nitrogens with zero attached hydrogens (tertiary/aromatic N) is 1. The Balaban J connectivity index is 2.95. The first kappa shape index (κ1) is 14.1. The van der Waals surface area contributed by atoms with Crippen molar-refractivity contribution in [3.63, 3.8) is 0 Å². The summed E-state index contributed by atoms with van der Waals surface area (Å²) in [5.41, 5.74) is 0.775. The number of hydrogen-bond donors (Lipinski definition) is 1. The van der Waals surface area contributed by atoms with Gasteiger partial charge in [0.05, 0.1) is 23.5 Å². The summed E-state index contributed by atoms with van der Waals surface area (Å²) in [7, 11) is 1.60. The number of methoxy groups -OCH3 is 1. The van der Waals surface area contributed by atoms with Gasteiger partial charge in [0.2, 0.25) is 0 Å². The number of halogens is 1. The van der Waals surface area contributed by atoms with Crippen LogP contribution in [0.3, 0.4) is 0 Å². The van der Waals surface area contributed by atoms with Crippen LogP contribution in [0.2, 0.25) is 0 Å². The Morgan fingerprint density at radius 3 is 2.82 bits per heavy atom. The Morgan fingerprint density at radius 2 is 2.24 bits per heavy atom. The molecule has 1 aromatic rings. The van der Waals surface area contributed by atoms with E-state index in [1.54, 1.807) is 13.2 Å². The molecule has 1 aromatic carbocycles. The van der Waals surface area contributed by atoms with E-state index in [9.17, 15) is 0 Å². The van der Waals surface area contributed by atoms with Crippen molar-refractivity contribution in [2.24, 2.45) is 5.16 Å². The Kier molecular flexibility index (Phi) is 6.10. The van der Waals surface area contributed by atoms with Gasteiger partial charge in [-0.3, -0.25) is 0 Å². The number of rotatable bonds is 6. The van der Waals surface area contributed by atoms with Gasteiger partial charge in [-0.25, -0.2) is 0 Å². The SMILES string of the molecule is CCCCOc1c(I)cc(/C=N/O)cc1OC. The Hall–Kier alpha value is -0.980. The number of ether oxygens (including phenoxy) is 2. The second kappa shape index (κ2) is 7.37. The molecule has 17 heavy (non-hydrogen) atoms. The lowest BCUT2D eigenvalue weighted by molar-refractivity contribution is 0.286. The summed E-state index contributed by atoms with van der Waals surface area (Å²) in [5.74, 6) is 1.40. The van der Waals surface area contributed by atoms with E-state index in [0.29, 0.717) is 12.4 Å². The molecular weight excluding hydrogens is 333 g/mol. The zero-order valence-corrected chi connectivity index (χ0v) is 12.1. The molecule has 0 fully saturated rings. The van der Waals surface area contributed by atoms with Gasteiger partial charge >= 0.3 is 0 Å². The predicted octanol–water partition coefficient (Wildman–Crippen LogP) is 3.29. The molecule has 0 aliphatic heterocycles. The van der Waals surface area contributed by atoms with Crippen LogP contribution in [-0.2, 0) is 0 Å². The molecule has 0 spiro atoms. The van der Waals surface area contributed by atoms with Crippen LogP contribution in [0.4, 0.5) is 0 Å². The van der Waals surface area contributed by atoms with Gasteiger partial charge in [-0.2, -0.15) is 0 Å². The number of hydrogen-bond acceptors (Lipinski definition) is 4. The summed E-state index contributed by atoms with van der Waals surface area (Å²) >= 11 is 2.18. The van der Waals surface area contributed by atoms with Crippen LogP contribution in [0.1, 0.15) is 25.3 Å². The van der Waals surface area contributed by atoms with Gasteiger partial charge in [-0.1, -0.05) is 18.5 Å². The molecule has 0 aliphatic carbocycles. The minimum atomic E-state index is 0.655. The lowest BCUT2D eigenvalue weighted by Gasteiger charge is -2.13. The van der Waals surface area contributed by atoms with Crippen LogP contribution >= 0.6 is 22.6 Å². The zero-order valence-electron chi connectivity index (χ0n) is 9.94. The molecule has 0 aliphatic rings. The molecule has 0 saturated heterocycles. The maximum atomic E-state index is 8.51. The summed E-state index contributed by atoms with van der Waals surface area (Å²) < 4.78 is 11.9. The molecule has 94 valence electrons. The largest absolute Gasteiger partial charge is 0.493 e. The van der Waals surface area contributed by atoms with Crippen LogP contribution in [0.5, 0.6) is 11.5 Å². The standard InChI is InChI=1S/C12H16INO3/c1-3-4-5-17-12-10(13)6-9(8-14-15)7-11(12)16-2/h6-8,15H,3-5H2,1-2H3/b14-8+. The molecule has 4 nitrogen and oxygen atoms in total. The number of benzene rings is 1. The number of oxime groups is 1. The van der Waals surface area contributed by atoms with Crippen LogP contribution in [0.15, 0.2) is 17.3 Å². The summed E-state index contributed by atoms with van der Waals surface area (Å²) in [6.07, 6.45) is 3.47. The highest BCUT2D eigenvalue weighted by atomic mass is 127. The van der Waals surface area contributed by atoms with Crippen LogP contribution in [0, 0.1) is 3.57 Å². The Labute approximate surface area is 115 Å². The fourth-order valence-corrected chi connectivity index (χ4v) is 2.12. The lowest BCUT2D eigenvalue weighted by Crippen LogP contribution is -2.01. The molecule has 0 heterocycles. The molecule has 0 radical (unpaired) electrons. The van der Waals surface area contributed by atoms with Gasteiger partial charge in [0, 0.05) is 5.56 Å². The molecule has 0 unspecified atom stereocenters. The fourth-order valence-electron chi connectivity index (χ4n) is 1.34. The summed E-state index contributed by atoms with van der Waals surface area (Å²) in [5, 5.41) is 11.5. The molecule has 0 bridgehead atoms. The van der Waals surface area contributed by atoms with Gasteiger partial charge in [0.25, 0.3) is 0 Å². The van der Waals surface area contributed by atoms with Gasteiger partial charge in [-0.15, -0.1) is 0 Å². The van der Waals surface area contributed by atoms with E-state index in [1.807, 2.05) is 6.07 Å². The van der Waals surface area contributed by atoms with E-state index in [2.05, 4.69) is 34.7 Å². The highest BCUT2D eigenvalue weighted by Gasteiger charge is 2.10. The minimum absolute atomic E-state index is 0.655. The normalized spacial score (nSPS) is 10.8. The lowest BCUT2D eigenvalue weighted by atomic mass is 10.2. The van der Waals surface area contributed by atoms with E-state index >= 15 is 0 Å². The predicted molar refractivity (Wildman–Crippen MR) is 75.5 cm³/mol. The third-order valence-electron chi connectivity index (χ3n) is 2.20. The van der Waals surface area contributed by atoms with Crippen molar-refractivity contribution < 1.29 is 14.7 Å². The van der Waals surface area contributed by atoms with Gasteiger partial charge in [0.15, 0.2) is 11.5 Å². The highest BCUT2D eigenvalue weighted by molar-refractivity contribution is 14.1. The first-order chi connectivity index (χ1) is 8.22. The third kappa shape index (κ3) is 4.07. The number of unbranched alkanes of at least 4 members (excludes halogenated alkanes) is 1. The monoisotopic (exact) mass is 349 g/mol. The second-order valence-corrected chi connectivity index (χ2v) is 4.64. The van der Waals surface area contributed by atoms with E-state index < -0.39 is 0 Å². The average molecular weight is 349 g/mol. The quantitative estimate of drug-likeness (QED) is 0.282. The van der Waals surface area contributed by atoms with Crippen molar-refractivity contribution in [1.82, 2.24) is 0 Å². The highest BCUT2D eigenvalue weighted by Crippen LogP contribution is 2.33. The van der Waals surface area contributed by atoms with Crippen molar-refractivity contribution in [3.8, 4) is 11.5 Å². The van der Waals surface area contributed by atoms with Gasteiger partial charge in [0.1, 0.15) is 0 Å². The maximum Gasteiger partial charge on any atom is 0.174 e. The molecule has 1 N–H and O–H groups in total. The Bertz CT molecular complexity index is 394. The smallest absolute Gasteiger partial charge is 0.174 e. The van der Waals surface area contributed by atoms with E-state index in [-0.39, 0.29) is 0 Å². The average Bonchev–Trinajstić information content (AvgIpc) is 2.32. The van der Waals surface area contributed by atoms with Crippen LogP contribution in [0.25, 0.3) is 0 Å². The summed E-state index contributed by atoms with van der Waals surface area (Å²) in [4.78, 5) is 0. The summed E-state index contributed by atoms with van der Waals surface area (Å²) in [6, 6.07) is 3.66. The van der Waals surface area contributed by atoms with Crippen molar-refractivity contribution in [3.05, 3.63) is 21.3 Å². The topological polar surface area (TPSA) is 51.0 Å². The second-order valence-electron chi connectivity index (χ2n) is 3.48. The van der Waals surface area contributed by atoms with E-state index in [1.165, 1.54) is 6.21 Å². The molecule has 0 atom stereocenters. The molecule has 5 heteroatoms. The molecule has 0 saturated carbocycles. The maximum absolute atomic E-state index is 8.51. The van der Waals surface area contributed by atoms with Gasteiger partial charge in [-0.05, 0) is 41.1 Å². The molecule has 0 aromatic heterocycles. The van der Waals surface area contributed by atoms with Crippen LogP contribution < -0.4 is 9.47 Å². The van der Waals surface area contributed by atoms with Crippen molar-refractivity contribution >= 4 is 28.8 Å². The zero-order chi connectivity index (χ0) is 12.7. The third-order valence-corrected chi connectivity index (χ3v) is 3.00. The summed E-state index contributed by atoms with van der Waals surface area (Å²) in [6.45, 7) is 2.79. The van der Waals surface area contributed by atoms with Crippen LogP contribution in [-0.4, -0.2) is 25.1 Å². The first-order valence-electron chi connectivity index (χ1n) is 5.40. The Morgan fingerprint density at radius 1 is 1.47 bits per heavy atom. The molecule has 1 rings (SSSR count). The van der Waals surface area contributed by atoms with Gasteiger partial charge < -0.3 is 14.7 Å². The first-order valence-corrected chi connectivity index (χ1v) is 6.48. The van der Waals surface area contributed by atoms with E-state index in [4.69, 9.17) is 14.7 Å². The minimum Gasteiger partial charge on any atom is -0.493 e. The molecular formula is C12H16INO3. The van der Waals surface area contributed by atoms with E-state index in [0.717, 1.165) is 27.7 Å². The van der Waals surface area contributed by atoms with Crippen molar-refractivity contribution in [1.29, 1.82) is 0 Å².